The molecule has 0 aliphatic carbocycles. The van der Waals surface area contributed by atoms with Gasteiger partial charge >= 0.3 is 0 Å². The first-order valence-electron chi connectivity index (χ1n) is 10.0. The zero-order chi connectivity index (χ0) is 20.8. The predicted molar refractivity (Wildman–Crippen MR) is 119 cm³/mol. The van der Waals surface area contributed by atoms with E-state index in [0.29, 0.717) is 36.3 Å². The van der Waals surface area contributed by atoms with Crippen molar-refractivity contribution in [2.24, 2.45) is 0 Å². The van der Waals surface area contributed by atoms with Crippen molar-refractivity contribution in [2.45, 2.75) is 13.3 Å². The molecular weight excluding hydrogens is 400 g/mol. The first-order chi connectivity index (χ1) is 14.7. The molecule has 1 saturated heterocycles. The minimum atomic E-state index is -0.214. The van der Waals surface area contributed by atoms with E-state index < -0.39 is 0 Å². The number of morpholine rings is 1. The molecule has 1 aromatic carbocycles. The molecule has 0 spiro atoms. The molecule has 1 amide bonds. The highest BCUT2D eigenvalue weighted by molar-refractivity contribution is 7.14. The van der Waals surface area contributed by atoms with E-state index in [9.17, 15) is 4.79 Å². The van der Waals surface area contributed by atoms with Gasteiger partial charge in [-0.05, 0) is 42.8 Å². The standard InChI is InChI=1S/C22H24N4O3S/c1-2-12-29-17-7-5-16(6-8-17)19-15-30-22(24-19)25-21(27)18-4-3-9-23-20(18)26-10-13-28-14-11-26/h3-9,15H,2,10-14H2,1H3,(H,24,25,27). The fourth-order valence-corrected chi connectivity index (χ4v) is 3.89. The number of nitrogens with one attached hydrogen (secondary N) is 1. The van der Waals surface area contributed by atoms with Crippen LogP contribution in [0, 0.1) is 0 Å². The first kappa shape index (κ1) is 20.3. The van der Waals surface area contributed by atoms with Crippen LogP contribution in [0.3, 0.4) is 0 Å². The van der Waals surface area contributed by atoms with Crippen molar-refractivity contribution in [1.82, 2.24) is 9.97 Å². The Balaban J connectivity index is 1.46. The van der Waals surface area contributed by atoms with Gasteiger partial charge in [0.25, 0.3) is 5.91 Å². The number of thiazole rings is 1. The molecule has 1 fully saturated rings. The minimum Gasteiger partial charge on any atom is -0.494 e. The number of rotatable bonds is 7. The fraction of sp³-hybridized carbons (Fsp3) is 0.318. The molecule has 1 N–H and O–H groups in total. The topological polar surface area (TPSA) is 76.6 Å². The van der Waals surface area contributed by atoms with Gasteiger partial charge in [0.1, 0.15) is 11.6 Å². The van der Waals surface area contributed by atoms with E-state index in [2.05, 4.69) is 27.1 Å². The average molecular weight is 425 g/mol. The molecule has 1 aliphatic heterocycles. The Hall–Kier alpha value is -2.97. The van der Waals surface area contributed by atoms with E-state index in [1.807, 2.05) is 29.6 Å². The summed E-state index contributed by atoms with van der Waals surface area (Å²) in [4.78, 5) is 24.0. The highest BCUT2D eigenvalue weighted by atomic mass is 32.1. The third kappa shape index (κ3) is 4.77. The van der Waals surface area contributed by atoms with Gasteiger partial charge < -0.3 is 14.4 Å². The van der Waals surface area contributed by atoms with Gasteiger partial charge in [-0.3, -0.25) is 10.1 Å². The van der Waals surface area contributed by atoms with E-state index >= 15 is 0 Å². The first-order valence-corrected chi connectivity index (χ1v) is 10.9. The number of amides is 1. The van der Waals surface area contributed by atoms with Crippen molar-refractivity contribution in [3.05, 3.63) is 53.5 Å². The summed E-state index contributed by atoms with van der Waals surface area (Å²) in [5.74, 6) is 1.31. The molecule has 0 radical (unpaired) electrons. The van der Waals surface area contributed by atoms with E-state index in [1.54, 1.807) is 18.3 Å². The quantitative estimate of drug-likeness (QED) is 0.616. The summed E-state index contributed by atoms with van der Waals surface area (Å²) in [5, 5.41) is 5.40. The summed E-state index contributed by atoms with van der Waals surface area (Å²) < 4.78 is 11.0. The zero-order valence-corrected chi connectivity index (χ0v) is 17.7. The molecular formula is C22H24N4O3S. The van der Waals surface area contributed by atoms with Crippen molar-refractivity contribution in [3.63, 3.8) is 0 Å². The third-order valence-corrected chi connectivity index (χ3v) is 5.45. The van der Waals surface area contributed by atoms with Crippen LogP contribution in [0.4, 0.5) is 10.9 Å². The summed E-state index contributed by atoms with van der Waals surface area (Å²) in [7, 11) is 0. The lowest BCUT2D eigenvalue weighted by atomic mass is 10.2. The van der Waals surface area contributed by atoms with E-state index in [4.69, 9.17) is 9.47 Å². The smallest absolute Gasteiger partial charge is 0.261 e. The van der Waals surface area contributed by atoms with Gasteiger partial charge in [0.2, 0.25) is 0 Å². The van der Waals surface area contributed by atoms with Crippen molar-refractivity contribution in [2.75, 3.05) is 43.1 Å². The summed E-state index contributed by atoms with van der Waals surface area (Å²) in [6.07, 6.45) is 2.68. The molecule has 0 saturated carbocycles. The molecule has 3 heterocycles. The molecule has 0 unspecified atom stereocenters. The van der Waals surface area contributed by atoms with Crippen molar-refractivity contribution in [1.29, 1.82) is 0 Å². The predicted octanol–water partition coefficient (Wildman–Crippen LogP) is 4.08. The largest absolute Gasteiger partial charge is 0.494 e. The second kappa shape index (κ2) is 9.69. The third-order valence-electron chi connectivity index (χ3n) is 4.69. The number of pyridine rings is 1. The monoisotopic (exact) mass is 424 g/mol. The number of hydrogen-bond donors (Lipinski definition) is 1. The van der Waals surface area contributed by atoms with Crippen LogP contribution in [0.15, 0.2) is 48.0 Å². The number of carbonyl (C=O) groups excluding carboxylic acids is 1. The van der Waals surface area contributed by atoms with Crippen LogP contribution >= 0.6 is 11.3 Å². The van der Waals surface area contributed by atoms with Gasteiger partial charge in [0, 0.05) is 30.2 Å². The van der Waals surface area contributed by atoms with Crippen LogP contribution in [0.25, 0.3) is 11.3 Å². The van der Waals surface area contributed by atoms with Gasteiger partial charge in [-0.15, -0.1) is 11.3 Å². The van der Waals surface area contributed by atoms with Gasteiger partial charge in [-0.1, -0.05) is 6.92 Å². The number of benzene rings is 1. The molecule has 2 aromatic heterocycles. The van der Waals surface area contributed by atoms with Crippen LogP contribution in [-0.2, 0) is 4.74 Å². The van der Waals surface area contributed by atoms with Crippen LogP contribution in [0.2, 0.25) is 0 Å². The van der Waals surface area contributed by atoms with Crippen LogP contribution < -0.4 is 15.0 Å². The lowest BCUT2D eigenvalue weighted by Gasteiger charge is -2.29. The van der Waals surface area contributed by atoms with Crippen molar-refractivity contribution < 1.29 is 14.3 Å². The van der Waals surface area contributed by atoms with Crippen molar-refractivity contribution >= 4 is 28.2 Å². The molecule has 8 heteroatoms. The highest BCUT2D eigenvalue weighted by Crippen LogP contribution is 2.27. The molecule has 0 bridgehead atoms. The van der Waals surface area contributed by atoms with E-state index in [1.165, 1.54) is 11.3 Å². The number of carbonyl (C=O) groups is 1. The minimum absolute atomic E-state index is 0.214. The van der Waals surface area contributed by atoms with Gasteiger partial charge in [-0.25, -0.2) is 9.97 Å². The van der Waals surface area contributed by atoms with Crippen LogP contribution in [0.1, 0.15) is 23.7 Å². The number of aromatic nitrogens is 2. The maximum atomic E-state index is 12.9. The average Bonchev–Trinajstić information content (AvgIpc) is 3.27. The van der Waals surface area contributed by atoms with Gasteiger partial charge in [0.05, 0.1) is 31.1 Å². The van der Waals surface area contributed by atoms with Crippen molar-refractivity contribution in [3.8, 4) is 17.0 Å². The second-order valence-electron chi connectivity index (χ2n) is 6.84. The summed E-state index contributed by atoms with van der Waals surface area (Å²) in [5.41, 5.74) is 2.33. The number of anilines is 2. The number of nitrogens with zero attached hydrogens (tertiary/aromatic N) is 3. The van der Waals surface area contributed by atoms with E-state index in [-0.39, 0.29) is 5.91 Å². The molecule has 0 atom stereocenters. The van der Waals surface area contributed by atoms with Gasteiger partial charge in [0.15, 0.2) is 5.13 Å². The maximum absolute atomic E-state index is 12.9. The Labute approximate surface area is 179 Å². The Bertz CT molecular complexity index is 984. The second-order valence-corrected chi connectivity index (χ2v) is 7.70. The summed E-state index contributed by atoms with van der Waals surface area (Å²) in [6, 6.07) is 11.4. The summed E-state index contributed by atoms with van der Waals surface area (Å²) in [6.45, 7) is 5.49. The van der Waals surface area contributed by atoms with Gasteiger partial charge in [-0.2, -0.15) is 0 Å². The zero-order valence-electron chi connectivity index (χ0n) is 16.8. The highest BCUT2D eigenvalue weighted by Gasteiger charge is 2.20. The normalized spacial score (nSPS) is 13.8. The lowest BCUT2D eigenvalue weighted by molar-refractivity contribution is 0.102. The molecule has 4 rings (SSSR count). The Kier molecular flexibility index (Phi) is 6.56. The number of ether oxygens (including phenoxy) is 2. The maximum Gasteiger partial charge on any atom is 0.261 e. The Morgan fingerprint density at radius 1 is 1.23 bits per heavy atom. The van der Waals surface area contributed by atoms with E-state index in [0.717, 1.165) is 36.5 Å². The Morgan fingerprint density at radius 2 is 2.03 bits per heavy atom. The molecule has 1 aliphatic rings. The Morgan fingerprint density at radius 3 is 2.80 bits per heavy atom. The molecule has 30 heavy (non-hydrogen) atoms. The fourth-order valence-electron chi connectivity index (χ4n) is 3.17. The molecule has 7 nitrogen and oxygen atoms in total. The molecule has 3 aromatic rings. The van der Waals surface area contributed by atoms with Crippen LogP contribution in [-0.4, -0.2) is 48.8 Å². The summed E-state index contributed by atoms with van der Waals surface area (Å²) >= 11 is 1.40. The lowest BCUT2D eigenvalue weighted by Crippen LogP contribution is -2.38. The number of hydrogen-bond acceptors (Lipinski definition) is 7. The van der Waals surface area contributed by atoms with Crippen LogP contribution in [0.5, 0.6) is 5.75 Å². The molecule has 156 valence electrons. The SMILES string of the molecule is CCCOc1ccc(-c2csc(NC(=O)c3cccnc3N3CCOCC3)n2)cc1.